The Kier molecular flexibility index (Phi) is 3.23. The molecule has 0 aliphatic carbocycles. The summed E-state index contributed by atoms with van der Waals surface area (Å²) in [6, 6.07) is 20.6. The summed E-state index contributed by atoms with van der Waals surface area (Å²) in [7, 11) is 0. The van der Waals surface area contributed by atoms with E-state index in [1.165, 1.54) is 4.90 Å². The van der Waals surface area contributed by atoms with Crippen LogP contribution in [-0.4, -0.2) is 5.91 Å². The maximum absolute atomic E-state index is 12.2. The maximum atomic E-state index is 12.2. The van der Waals surface area contributed by atoms with Crippen molar-refractivity contribution < 1.29 is 4.79 Å². The molecule has 0 N–H and O–H groups in total. The zero-order valence-corrected chi connectivity index (χ0v) is 9.21. The van der Waals surface area contributed by atoms with Crippen molar-refractivity contribution in [3.05, 3.63) is 66.2 Å². The lowest BCUT2D eigenvalue weighted by Gasteiger charge is -2.15. The summed E-state index contributed by atoms with van der Waals surface area (Å²) in [4.78, 5) is 13.5. The number of para-hydroxylation sites is 1. The average Bonchev–Trinajstić information content (AvgIpc) is 2.42. The molecule has 2 aromatic carbocycles. The van der Waals surface area contributed by atoms with Gasteiger partial charge in [0, 0.05) is 11.6 Å². The number of benzene rings is 2. The van der Waals surface area contributed by atoms with E-state index in [4.69, 9.17) is 6.42 Å². The molecular weight excluding hydrogens is 210 g/mol. The molecule has 82 valence electrons. The maximum Gasteiger partial charge on any atom is 0.270 e. The number of rotatable bonds is 2. The van der Waals surface area contributed by atoms with Crippen molar-refractivity contribution in [3.8, 4) is 12.5 Å². The van der Waals surface area contributed by atoms with Gasteiger partial charge in [-0.05, 0) is 24.3 Å². The predicted octanol–water partition coefficient (Wildman–Crippen LogP) is 2.92. The summed E-state index contributed by atoms with van der Waals surface area (Å²) in [6.45, 7) is 0. The second-order valence-corrected chi connectivity index (χ2v) is 3.47. The van der Waals surface area contributed by atoms with Gasteiger partial charge < -0.3 is 0 Å². The van der Waals surface area contributed by atoms with Gasteiger partial charge in [-0.1, -0.05) is 42.8 Å². The molecule has 0 aromatic heterocycles. The lowest BCUT2D eigenvalue weighted by Crippen LogP contribution is -2.25. The van der Waals surface area contributed by atoms with E-state index < -0.39 is 0 Å². The third-order valence-corrected chi connectivity index (χ3v) is 2.37. The summed E-state index contributed by atoms with van der Waals surface area (Å²) in [6.07, 6.45) is 5.40. The fourth-order valence-corrected chi connectivity index (χ4v) is 1.54. The van der Waals surface area contributed by atoms with Gasteiger partial charge in [0.1, 0.15) is 0 Å². The molecule has 0 fully saturated rings. The van der Waals surface area contributed by atoms with Gasteiger partial charge in [0.2, 0.25) is 0 Å². The molecule has 0 aliphatic heterocycles. The van der Waals surface area contributed by atoms with E-state index in [1.54, 1.807) is 24.3 Å². The molecule has 1 amide bonds. The highest BCUT2D eigenvalue weighted by Gasteiger charge is 2.14. The smallest absolute Gasteiger partial charge is 0.268 e. The molecule has 0 saturated heterocycles. The van der Waals surface area contributed by atoms with Crippen LogP contribution in [0.2, 0.25) is 0 Å². The Morgan fingerprint density at radius 3 is 2.00 bits per heavy atom. The zero-order valence-electron chi connectivity index (χ0n) is 9.21. The van der Waals surface area contributed by atoms with Crippen LogP contribution < -0.4 is 4.90 Å². The quantitative estimate of drug-likeness (QED) is 0.564. The lowest BCUT2D eigenvalue weighted by atomic mass is 10.2. The minimum absolute atomic E-state index is 0.195. The number of hydrogen-bond acceptors (Lipinski definition) is 1. The normalized spacial score (nSPS) is 9.35. The Balaban J connectivity index is 2.33. The van der Waals surface area contributed by atoms with Crippen LogP contribution in [0.15, 0.2) is 60.7 Å². The van der Waals surface area contributed by atoms with E-state index in [2.05, 4.69) is 6.04 Å². The van der Waals surface area contributed by atoms with E-state index in [9.17, 15) is 4.79 Å². The molecule has 2 aromatic rings. The fraction of sp³-hybridized carbons (Fsp3) is 0. The van der Waals surface area contributed by atoms with Crippen molar-refractivity contribution in [1.82, 2.24) is 0 Å². The summed E-state index contributed by atoms with van der Waals surface area (Å²) in [5.41, 5.74) is 1.28. The van der Waals surface area contributed by atoms with E-state index in [0.717, 1.165) is 0 Å². The molecule has 17 heavy (non-hydrogen) atoms. The minimum Gasteiger partial charge on any atom is -0.268 e. The van der Waals surface area contributed by atoms with Crippen LogP contribution >= 0.6 is 0 Å². The summed E-state index contributed by atoms with van der Waals surface area (Å²) >= 11 is 0. The Hall–Kier alpha value is -2.53. The monoisotopic (exact) mass is 221 g/mol. The number of terminal acetylenes is 1. The van der Waals surface area contributed by atoms with Crippen LogP contribution in [0.5, 0.6) is 0 Å². The van der Waals surface area contributed by atoms with Crippen molar-refractivity contribution in [3.63, 3.8) is 0 Å². The number of nitrogens with zero attached hydrogens (tertiary/aromatic N) is 1. The van der Waals surface area contributed by atoms with Crippen LogP contribution in [0.3, 0.4) is 0 Å². The Morgan fingerprint density at radius 1 is 0.941 bits per heavy atom. The highest BCUT2D eigenvalue weighted by Crippen LogP contribution is 2.15. The first-order chi connectivity index (χ1) is 8.33. The number of anilines is 1. The van der Waals surface area contributed by atoms with Crippen LogP contribution in [0.4, 0.5) is 5.69 Å². The van der Waals surface area contributed by atoms with Crippen molar-refractivity contribution >= 4 is 11.6 Å². The highest BCUT2D eigenvalue weighted by molar-refractivity contribution is 6.08. The van der Waals surface area contributed by atoms with E-state index in [1.807, 2.05) is 36.4 Å². The van der Waals surface area contributed by atoms with Crippen molar-refractivity contribution in [2.75, 3.05) is 4.90 Å². The van der Waals surface area contributed by atoms with Gasteiger partial charge in [-0.25, -0.2) is 4.90 Å². The topological polar surface area (TPSA) is 20.3 Å². The lowest BCUT2D eigenvalue weighted by molar-refractivity contribution is 0.1000. The standard InChI is InChI=1S/C15H11NO/c1-2-16(14-11-7-4-8-12-14)15(17)13-9-5-3-6-10-13/h1,3-12H. The molecule has 0 unspecified atom stereocenters. The summed E-state index contributed by atoms with van der Waals surface area (Å²) in [5, 5.41) is 0. The molecular formula is C15H11NO. The third-order valence-electron chi connectivity index (χ3n) is 2.37. The molecule has 0 radical (unpaired) electrons. The van der Waals surface area contributed by atoms with Gasteiger partial charge in [0.25, 0.3) is 5.91 Å². The molecule has 2 heteroatoms. The summed E-state index contributed by atoms with van der Waals surface area (Å²) < 4.78 is 0. The SMILES string of the molecule is C#CN(C(=O)c1ccccc1)c1ccccc1. The highest BCUT2D eigenvalue weighted by atomic mass is 16.2. The van der Waals surface area contributed by atoms with Gasteiger partial charge in [-0.3, -0.25) is 4.79 Å². The van der Waals surface area contributed by atoms with Crippen molar-refractivity contribution in [2.24, 2.45) is 0 Å². The Bertz CT molecular complexity index is 540. The second-order valence-electron chi connectivity index (χ2n) is 3.47. The second kappa shape index (κ2) is 5.00. The number of carbonyl (C=O) groups excluding carboxylic acids is 1. The molecule has 0 atom stereocenters. The number of hydrogen-bond donors (Lipinski definition) is 0. The van der Waals surface area contributed by atoms with Gasteiger partial charge >= 0.3 is 0 Å². The molecule has 2 nitrogen and oxygen atoms in total. The molecule has 0 aliphatic rings. The zero-order chi connectivity index (χ0) is 12.1. The summed E-state index contributed by atoms with van der Waals surface area (Å²) in [5.74, 6) is -0.195. The van der Waals surface area contributed by atoms with E-state index in [0.29, 0.717) is 11.3 Å². The first kappa shape index (κ1) is 11.0. The largest absolute Gasteiger partial charge is 0.270 e. The minimum atomic E-state index is -0.195. The molecule has 0 bridgehead atoms. The first-order valence-corrected chi connectivity index (χ1v) is 5.23. The van der Waals surface area contributed by atoms with Gasteiger partial charge in [0.05, 0.1) is 5.69 Å². The first-order valence-electron chi connectivity index (χ1n) is 5.23. The molecule has 0 saturated carbocycles. The molecule has 0 heterocycles. The van der Waals surface area contributed by atoms with Gasteiger partial charge in [-0.2, -0.15) is 0 Å². The number of carbonyl (C=O) groups is 1. The van der Waals surface area contributed by atoms with Gasteiger partial charge in [-0.15, -0.1) is 0 Å². The average molecular weight is 221 g/mol. The Labute approximate surface area is 101 Å². The number of amides is 1. The predicted molar refractivity (Wildman–Crippen MR) is 68.5 cm³/mol. The van der Waals surface area contributed by atoms with Crippen LogP contribution in [0.25, 0.3) is 0 Å². The van der Waals surface area contributed by atoms with Crippen molar-refractivity contribution in [1.29, 1.82) is 0 Å². The molecule has 0 spiro atoms. The van der Waals surface area contributed by atoms with E-state index >= 15 is 0 Å². The van der Waals surface area contributed by atoms with Crippen LogP contribution in [0.1, 0.15) is 10.4 Å². The third kappa shape index (κ3) is 2.35. The van der Waals surface area contributed by atoms with Crippen LogP contribution in [0, 0.1) is 12.5 Å². The van der Waals surface area contributed by atoms with Crippen LogP contribution in [-0.2, 0) is 0 Å². The van der Waals surface area contributed by atoms with Gasteiger partial charge in [0.15, 0.2) is 0 Å². The molecule has 2 rings (SSSR count). The fourth-order valence-electron chi connectivity index (χ4n) is 1.54. The van der Waals surface area contributed by atoms with E-state index in [-0.39, 0.29) is 5.91 Å². The van der Waals surface area contributed by atoms with Crippen molar-refractivity contribution in [2.45, 2.75) is 0 Å². The Morgan fingerprint density at radius 2 is 1.47 bits per heavy atom.